The van der Waals surface area contributed by atoms with E-state index in [4.69, 9.17) is 4.74 Å². The molecular formula is C12H14N2O. The van der Waals surface area contributed by atoms with E-state index in [0.29, 0.717) is 0 Å². The Kier molecular flexibility index (Phi) is 2.46. The summed E-state index contributed by atoms with van der Waals surface area (Å²) in [5.74, 6) is 0.888. The highest BCUT2D eigenvalue weighted by Gasteiger charge is 2.11. The smallest absolute Gasteiger partial charge is 0.128 e. The van der Waals surface area contributed by atoms with Crippen molar-refractivity contribution in [3.8, 4) is 17.0 Å². The fourth-order valence-electron chi connectivity index (χ4n) is 1.74. The first kappa shape index (κ1) is 9.77. The molecule has 0 atom stereocenters. The molecule has 0 aliphatic carbocycles. The molecule has 0 N–H and O–H groups in total. The van der Waals surface area contributed by atoms with Crippen molar-refractivity contribution in [3.05, 3.63) is 36.3 Å². The summed E-state index contributed by atoms with van der Waals surface area (Å²) in [5, 5.41) is 0. The van der Waals surface area contributed by atoms with Gasteiger partial charge in [0.1, 0.15) is 5.75 Å². The second kappa shape index (κ2) is 3.77. The Morgan fingerprint density at radius 3 is 2.73 bits per heavy atom. The number of imidazole rings is 1. The van der Waals surface area contributed by atoms with Crippen molar-refractivity contribution in [2.45, 2.75) is 6.92 Å². The average molecular weight is 202 g/mol. The normalized spacial score (nSPS) is 10.3. The molecule has 3 heteroatoms. The quantitative estimate of drug-likeness (QED) is 0.747. The molecule has 0 radical (unpaired) electrons. The number of hydrogen-bond acceptors (Lipinski definition) is 2. The van der Waals surface area contributed by atoms with Crippen molar-refractivity contribution in [2.24, 2.45) is 7.05 Å². The number of rotatable bonds is 2. The lowest BCUT2D eigenvalue weighted by molar-refractivity contribution is 0.416. The molecule has 0 fully saturated rings. The summed E-state index contributed by atoms with van der Waals surface area (Å²) in [6.07, 6.45) is 3.64. The summed E-state index contributed by atoms with van der Waals surface area (Å²) < 4.78 is 7.35. The Bertz CT molecular complexity index is 474. The Hall–Kier alpha value is -1.77. The zero-order valence-corrected chi connectivity index (χ0v) is 9.19. The molecule has 0 saturated carbocycles. The van der Waals surface area contributed by atoms with E-state index < -0.39 is 0 Å². The monoisotopic (exact) mass is 202 g/mol. The van der Waals surface area contributed by atoms with E-state index in [1.54, 1.807) is 13.4 Å². The van der Waals surface area contributed by atoms with Crippen molar-refractivity contribution in [3.63, 3.8) is 0 Å². The van der Waals surface area contributed by atoms with E-state index in [0.717, 1.165) is 17.0 Å². The van der Waals surface area contributed by atoms with Crippen LogP contribution in [0.2, 0.25) is 0 Å². The van der Waals surface area contributed by atoms with Gasteiger partial charge < -0.3 is 9.30 Å². The SMILES string of the molecule is COc1cccc(C)c1-c1cncn1C. The third-order valence-electron chi connectivity index (χ3n) is 2.53. The van der Waals surface area contributed by atoms with Gasteiger partial charge in [-0.25, -0.2) is 4.98 Å². The molecule has 0 amide bonds. The second-order valence-electron chi connectivity index (χ2n) is 3.54. The van der Waals surface area contributed by atoms with Crippen LogP contribution in [-0.4, -0.2) is 16.7 Å². The number of nitrogens with zero attached hydrogens (tertiary/aromatic N) is 2. The topological polar surface area (TPSA) is 27.1 Å². The van der Waals surface area contributed by atoms with E-state index in [-0.39, 0.29) is 0 Å². The molecule has 78 valence electrons. The molecule has 15 heavy (non-hydrogen) atoms. The van der Waals surface area contributed by atoms with E-state index in [1.165, 1.54) is 5.56 Å². The number of hydrogen-bond donors (Lipinski definition) is 0. The predicted molar refractivity (Wildman–Crippen MR) is 59.9 cm³/mol. The van der Waals surface area contributed by atoms with Crippen LogP contribution in [0.15, 0.2) is 30.7 Å². The van der Waals surface area contributed by atoms with Gasteiger partial charge in [0.15, 0.2) is 0 Å². The van der Waals surface area contributed by atoms with Gasteiger partial charge >= 0.3 is 0 Å². The molecule has 0 unspecified atom stereocenters. The van der Waals surface area contributed by atoms with Crippen molar-refractivity contribution in [2.75, 3.05) is 7.11 Å². The largest absolute Gasteiger partial charge is 0.496 e. The molecule has 1 aromatic heterocycles. The van der Waals surface area contributed by atoms with Crippen LogP contribution in [0.5, 0.6) is 5.75 Å². The van der Waals surface area contributed by atoms with Gasteiger partial charge in [0.2, 0.25) is 0 Å². The van der Waals surface area contributed by atoms with E-state index in [1.807, 2.05) is 29.9 Å². The van der Waals surface area contributed by atoms with Crippen molar-refractivity contribution >= 4 is 0 Å². The average Bonchev–Trinajstić information content (AvgIpc) is 2.64. The highest BCUT2D eigenvalue weighted by atomic mass is 16.5. The van der Waals surface area contributed by atoms with Crippen LogP contribution in [0.3, 0.4) is 0 Å². The van der Waals surface area contributed by atoms with E-state index >= 15 is 0 Å². The van der Waals surface area contributed by atoms with Crippen molar-refractivity contribution in [1.29, 1.82) is 0 Å². The van der Waals surface area contributed by atoms with Crippen LogP contribution in [-0.2, 0) is 7.05 Å². The third-order valence-corrected chi connectivity index (χ3v) is 2.53. The molecule has 3 nitrogen and oxygen atoms in total. The van der Waals surface area contributed by atoms with Crippen molar-refractivity contribution < 1.29 is 4.74 Å². The molecule has 1 heterocycles. The van der Waals surface area contributed by atoms with Gasteiger partial charge in [-0.1, -0.05) is 12.1 Å². The standard InChI is InChI=1S/C12H14N2O/c1-9-5-4-6-11(15-3)12(9)10-7-13-8-14(10)2/h4-8H,1-3H3. The van der Waals surface area contributed by atoms with Crippen LogP contribution in [0.1, 0.15) is 5.56 Å². The first-order valence-electron chi connectivity index (χ1n) is 4.84. The molecule has 2 rings (SSSR count). The van der Waals surface area contributed by atoms with E-state index in [2.05, 4.69) is 18.0 Å². The van der Waals surface area contributed by atoms with E-state index in [9.17, 15) is 0 Å². The van der Waals surface area contributed by atoms with Gasteiger partial charge in [-0.2, -0.15) is 0 Å². The minimum atomic E-state index is 0.888. The Balaban J connectivity index is 2.66. The minimum absolute atomic E-state index is 0.888. The Morgan fingerprint density at radius 1 is 1.33 bits per heavy atom. The molecule has 0 saturated heterocycles. The summed E-state index contributed by atoms with van der Waals surface area (Å²) in [6, 6.07) is 6.04. The molecule has 0 bridgehead atoms. The Labute approximate surface area is 89.3 Å². The van der Waals surface area contributed by atoms with Gasteiger partial charge in [0.25, 0.3) is 0 Å². The summed E-state index contributed by atoms with van der Waals surface area (Å²) in [5.41, 5.74) is 3.38. The lowest BCUT2D eigenvalue weighted by Gasteiger charge is -2.11. The second-order valence-corrected chi connectivity index (χ2v) is 3.54. The molecule has 0 spiro atoms. The molecular weight excluding hydrogens is 188 g/mol. The number of aromatic nitrogens is 2. The number of methoxy groups -OCH3 is 1. The lowest BCUT2D eigenvalue weighted by atomic mass is 10.1. The van der Waals surface area contributed by atoms with Gasteiger partial charge in [-0.05, 0) is 18.6 Å². The fourth-order valence-corrected chi connectivity index (χ4v) is 1.74. The summed E-state index contributed by atoms with van der Waals surface area (Å²) >= 11 is 0. The molecule has 2 aromatic rings. The summed E-state index contributed by atoms with van der Waals surface area (Å²) in [6.45, 7) is 2.07. The van der Waals surface area contributed by atoms with Crippen LogP contribution in [0, 0.1) is 6.92 Å². The first-order valence-corrected chi connectivity index (χ1v) is 4.84. The maximum atomic E-state index is 5.36. The zero-order valence-electron chi connectivity index (χ0n) is 9.19. The lowest BCUT2D eigenvalue weighted by Crippen LogP contribution is -1.95. The van der Waals surface area contributed by atoms with Crippen LogP contribution in [0.4, 0.5) is 0 Å². The number of ether oxygens (including phenoxy) is 1. The first-order chi connectivity index (χ1) is 7.24. The highest BCUT2D eigenvalue weighted by molar-refractivity contribution is 5.70. The van der Waals surface area contributed by atoms with Crippen LogP contribution >= 0.6 is 0 Å². The molecule has 1 aromatic carbocycles. The minimum Gasteiger partial charge on any atom is -0.496 e. The van der Waals surface area contributed by atoms with Crippen LogP contribution < -0.4 is 4.74 Å². The fraction of sp³-hybridized carbons (Fsp3) is 0.250. The molecule has 0 aliphatic heterocycles. The zero-order chi connectivity index (χ0) is 10.8. The summed E-state index contributed by atoms with van der Waals surface area (Å²) in [4.78, 5) is 4.12. The van der Waals surface area contributed by atoms with Gasteiger partial charge in [0.05, 0.1) is 25.3 Å². The molecule has 0 aliphatic rings. The highest BCUT2D eigenvalue weighted by Crippen LogP contribution is 2.32. The van der Waals surface area contributed by atoms with Gasteiger partial charge in [-0.15, -0.1) is 0 Å². The predicted octanol–water partition coefficient (Wildman–Crippen LogP) is 2.40. The Morgan fingerprint density at radius 2 is 2.13 bits per heavy atom. The van der Waals surface area contributed by atoms with Gasteiger partial charge in [0, 0.05) is 12.6 Å². The summed E-state index contributed by atoms with van der Waals surface area (Å²) in [7, 11) is 3.67. The van der Waals surface area contributed by atoms with Gasteiger partial charge in [-0.3, -0.25) is 0 Å². The third kappa shape index (κ3) is 1.61. The number of benzene rings is 1. The van der Waals surface area contributed by atoms with Crippen molar-refractivity contribution in [1.82, 2.24) is 9.55 Å². The maximum Gasteiger partial charge on any atom is 0.128 e. The number of aryl methyl sites for hydroxylation is 2. The maximum absolute atomic E-state index is 5.36. The van der Waals surface area contributed by atoms with Crippen LogP contribution in [0.25, 0.3) is 11.3 Å².